The third-order valence-electron chi connectivity index (χ3n) is 3.37. The molecule has 0 aliphatic carbocycles. The van der Waals surface area contributed by atoms with Crippen molar-refractivity contribution >= 4 is 11.3 Å². The van der Waals surface area contributed by atoms with Crippen LogP contribution < -0.4 is 5.32 Å². The first-order valence-corrected chi connectivity index (χ1v) is 8.77. The van der Waals surface area contributed by atoms with Gasteiger partial charge in [0.05, 0.1) is 15.6 Å². The Bertz CT molecular complexity index is 531. The summed E-state index contributed by atoms with van der Waals surface area (Å²) in [4.78, 5) is 6.21. The van der Waals surface area contributed by atoms with Gasteiger partial charge in [-0.1, -0.05) is 57.5 Å². The van der Waals surface area contributed by atoms with Crippen LogP contribution in [-0.2, 0) is 13.0 Å². The molecule has 1 N–H and O–H groups in total. The minimum Gasteiger partial charge on any atom is -0.311 e. The molecule has 0 amide bonds. The van der Waals surface area contributed by atoms with Crippen molar-refractivity contribution in [2.24, 2.45) is 5.92 Å². The van der Waals surface area contributed by atoms with Gasteiger partial charge in [0.1, 0.15) is 0 Å². The molecule has 21 heavy (non-hydrogen) atoms. The molecule has 2 nitrogen and oxygen atoms in total. The first-order chi connectivity index (χ1) is 10.2. The molecule has 0 bridgehead atoms. The Balaban J connectivity index is 2.17. The summed E-state index contributed by atoms with van der Waals surface area (Å²) in [7, 11) is 0. The van der Waals surface area contributed by atoms with Gasteiger partial charge in [0.15, 0.2) is 0 Å². The van der Waals surface area contributed by atoms with Crippen LogP contribution in [0.4, 0.5) is 0 Å². The lowest BCUT2D eigenvalue weighted by Crippen LogP contribution is -2.19. The van der Waals surface area contributed by atoms with Gasteiger partial charge in [-0.2, -0.15) is 0 Å². The maximum absolute atomic E-state index is 4.88. The lowest BCUT2D eigenvalue weighted by Gasteiger charge is -2.07. The average Bonchev–Trinajstić information content (AvgIpc) is 2.89. The first kappa shape index (κ1) is 16.2. The summed E-state index contributed by atoms with van der Waals surface area (Å²) in [5.41, 5.74) is 2.50. The number of thiazole rings is 1. The van der Waals surface area contributed by atoms with Gasteiger partial charge in [0.2, 0.25) is 0 Å². The van der Waals surface area contributed by atoms with Gasteiger partial charge in [-0.15, -0.1) is 11.3 Å². The van der Waals surface area contributed by atoms with Gasteiger partial charge < -0.3 is 5.32 Å². The van der Waals surface area contributed by atoms with Crippen molar-refractivity contribution in [2.75, 3.05) is 6.54 Å². The molecule has 0 atom stereocenters. The topological polar surface area (TPSA) is 24.9 Å². The molecule has 2 aromatic rings. The second-order valence-electron chi connectivity index (χ2n) is 5.88. The normalized spacial score (nSPS) is 11.2. The Labute approximate surface area is 132 Å². The van der Waals surface area contributed by atoms with Crippen molar-refractivity contribution < 1.29 is 0 Å². The molecule has 0 aliphatic rings. The number of nitrogens with one attached hydrogen (secondary N) is 1. The highest BCUT2D eigenvalue weighted by Crippen LogP contribution is 2.31. The maximum Gasteiger partial charge on any atom is 0.0935 e. The van der Waals surface area contributed by atoms with Crippen molar-refractivity contribution in [2.45, 2.75) is 46.6 Å². The molecule has 0 saturated heterocycles. The predicted octanol–water partition coefficient (Wildman–Crippen LogP) is 4.90. The molecule has 1 heterocycles. The van der Waals surface area contributed by atoms with Crippen molar-refractivity contribution in [3.8, 4) is 10.4 Å². The number of nitrogens with zero attached hydrogens (tertiary/aromatic N) is 1. The summed E-state index contributed by atoms with van der Waals surface area (Å²) in [5.74, 6) is 0.670. The average molecular weight is 302 g/mol. The van der Waals surface area contributed by atoms with Crippen LogP contribution in [0.5, 0.6) is 0 Å². The zero-order valence-corrected chi connectivity index (χ0v) is 14.2. The number of unbranched alkanes of at least 4 members (excludes halogenated alkanes) is 1. The molecule has 2 rings (SSSR count). The summed E-state index contributed by atoms with van der Waals surface area (Å²) >= 11 is 1.86. The number of benzene rings is 1. The van der Waals surface area contributed by atoms with Crippen LogP contribution in [0.15, 0.2) is 30.3 Å². The van der Waals surface area contributed by atoms with Crippen LogP contribution in [-0.4, -0.2) is 11.5 Å². The molecule has 0 fully saturated rings. The van der Waals surface area contributed by atoms with Crippen molar-refractivity contribution in [3.05, 3.63) is 41.0 Å². The van der Waals surface area contributed by atoms with Crippen LogP contribution in [0.1, 0.15) is 44.3 Å². The number of aromatic nitrogens is 1. The maximum atomic E-state index is 4.88. The SMILES string of the molecule is CCCCc1nc(CNCC(C)C)c(-c2ccccc2)s1. The largest absolute Gasteiger partial charge is 0.311 e. The predicted molar refractivity (Wildman–Crippen MR) is 92.7 cm³/mol. The third kappa shape index (κ3) is 4.94. The fourth-order valence-electron chi connectivity index (χ4n) is 2.25. The minimum absolute atomic E-state index is 0.670. The molecule has 0 radical (unpaired) electrons. The van der Waals surface area contributed by atoms with E-state index in [0.717, 1.165) is 19.5 Å². The Morgan fingerprint density at radius 2 is 1.95 bits per heavy atom. The number of aryl methyl sites for hydroxylation is 1. The van der Waals surface area contributed by atoms with Gasteiger partial charge in [0, 0.05) is 6.54 Å². The zero-order valence-electron chi connectivity index (χ0n) is 13.4. The van der Waals surface area contributed by atoms with E-state index < -0.39 is 0 Å². The van der Waals surface area contributed by atoms with E-state index in [9.17, 15) is 0 Å². The Kier molecular flexibility index (Phi) is 6.40. The fraction of sp³-hybridized carbons (Fsp3) is 0.500. The molecule has 0 unspecified atom stereocenters. The van der Waals surface area contributed by atoms with Gasteiger partial charge in [-0.05, 0) is 30.9 Å². The van der Waals surface area contributed by atoms with Gasteiger partial charge in [-0.3, -0.25) is 0 Å². The highest BCUT2D eigenvalue weighted by Gasteiger charge is 2.12. The molecule has 1 aromatic carbocycles. The van der Waals surface area contributed by atoms with E-state index >= 15 is 0 Å². The lowest BCUT2D eigenvalue weighted by atomic mass is 10.1. The fourth-order valence-corrected chi connectivity index (χ4v) is 3.38. The second kappa shape index (κ2) is 8.30. The van der Waals surface area contributed by atoms with Crippen LogP contribution in [0, 0.1) is 5.92 Å². The number of hydrogen-bond acceptors (Lipinski definition) is 3. The molecular weight excluding hydrogens is 276 g/mol. The van der Waals surface area contributed by atoms with Gasteiger partial charge in [-0.25, -0.2) is 4.98 Å². The first-order valence-electron chi connectivity index (χ1n) is 7.95. The number of rotatable bonds is 8. The second-order valence-corrected chi connectivity index (χ2v) is 6.96. The number of hydrogen-bond donors (Lipinski definition) is 1. The molecule has 0 spiro atoms. The van der Waals surface area contributed by atoms with Gasteiger partial charge >= 0.3 is 0 Å². The van der Waals surface area contributed by atoms with Crippen LogP contribution >= 0.6 is 11.3 Å². The summed E-state index contributed by atoms with van der Waals surface area (Å²) in [6.07, 6.45) is 3.55. The summed E-state index contributed by atoms with van der Waals surface area (Å²) in [6, 6.07) is 10.6. The quantitative estimate of drug-likeness (QED) is 0.750. The van der Waals surface area contributed by atoms with Crippen LogP contribution in [0.2, 0.25) is 0 Å². The highest BCUT2D eigenvalue weighted by molar-refractivity contribution is 7.15. The van der Waals surface area contributed by atoms with Crippen molar-refractivity contribution in [3.63, 3.8) is 0 Å². The standard InChI is InChI=1S/C18H26N2S/c1-4-5-11-17-20-16(13-19-12-14(2)3)18(21-17)15-9-7-6-8-10-15/h6-10,14,19H,4-5,11-13H2,1-3H3. The summed E-state index contributed by atoms with van der Waals surface area (Å²) in [5, 5.41) is 4.80. The smallest absolute Gasteiger partial charge is 0.0935 e. The summed E-state index contributed by atoms with van der Waals surface area (Å²) in [6.45, 7) is 8.61. The molecule has 1 aromatic heterocycles. The van der Waals surface area contributed by atoms with E-state index in [1.807, 2.05) is 11.3 Å². The molecular formula is C18H26N2S. The zero-order chi connectivity index (χ0) is 15.1. The molecule has 3 heteroatoms. The van der Waals surface area contributed by atoms with E-state index in [-0.39, 0.29) is 0 Å². The van der Waals surface area contributed by atoms with Crippen molar-refractivity contribution in [1.82, 2.24) is 10.3 Å². The molecule has 0 saturated carbocycles. The minimum atomic E-state index is 0.670. The third-order valence-corrected chi connectivity index (χ3v) is 4.57. The van der Waals surface area contributed by atoms with E-state index in [1.54, 1.807) is 0 Å². The monoisotopic (exact) mass is 302 g/mol. The van der Waals surface area contributed by atoms with Crippen LogP contribution in [0.25, 0.3) is 10.4 Å². The summed E-state index contributed by atoms with van der Waals surface area (Å²) < 4.78 is 0. The Morgan fingerprint density at radius 1 is 1.19 bits per heavy atom. The molecule has 114 valence electrons. The van der Waals surface area contributed by atoms with Crippen molar-refractivity contribution in [1.29, 1.82) is 0 Å². The van der Waals surface area contributed by atoms with Crippen LogP contribution in [0.3, 0.4) is 0 Å². The lowest BCUT2D eigenvalue weighted by molar-refractivity contribution is 0.549. The van der Waals surface area contributed by atoms with E-state index in [2.05, 4.69) is 56.4 Å². The van der Waals surface area contributed by atoms with Gasteiger partial charge in [0.25, 0.3) is 0 Å². The van der Waals surface area contributed by atoms with E-state index in [1.165, 1.54) is 34.0 Å². The molecule has 0 aliphatic heterocycles. The van der Waals surface area contributed by atoms with E-state index in [4.69, 9.17) is 4.98 Å². The highest BCUT2D eigenvalue weighted by atomic mass is 32.1. The Morgan fingerprint density at radius 3 is 2.62 bits per heavy atom. The Hall–Kier alpha value is -1.19. The van der Waals surface area contributed by atoms with E-state index in [0.29, 0.717) is 5.92 Å².